The third kappa shape index (κ3) is 2.34. The van der Waals surface area contributed by atoms with Gasteiger partial charge in [0.15, 0.2) is 5.82 Å². The molecule has 2 heterocycles. The molecule has 0 aliphatic heterocycles. The minimum Gasteiger partial charge on any atom is -0.384 e. The Labute approximate surface area is 118 Å². The quantitative estimate of drug-likeness (QED) is 0.789. The van der Waals surface area contributed by atoms with Crippen LogP contribution in [0.1, 0.15) is 0 Å². The van der Waals surface area contributed by atoms with E-state index in [1.165, 1.54) is 0 Å². The molecule has 0 amide bonds. The van der Waals surface area contributed by atoms with Gasteiger partial charge in [0.05, 0.1) is 5.69 Å². The highest BCUT2D eigenvalue weighted by Crippen LogP contribution is 2.24. The minimum absolute atomic E-state index is 0.524. The van der Waals surface area contributed by atoms with Crippen molar-refractivity contribution in [2.45, 2.75) is 0 Å². The number of nitrogens with two attached hydrogens (primary N) is 1. The summed E-state index contributed by atoms with van der Waals surface area (Å²) in [6.45, 7) is 0. The van der Waals surface area contributed by atoms with Crippen molar-refractivity contribution in [2.24, 2.45) is 0 Å². The maximum atomic E-state index is 5.97. The molecule has 1 aromatic carbocycles. The first-order valence-corrected chi connectivity index (χ1v) is 6.43. The van der Waals surface area contributed by atoms with Crippen molar-refractivity contribution in [3.8, 4) is 17.1 Å². The summed E-state index contributed by atoms with van der Waals surface area (Å²) in [7, 11) is 0. The van der Waals surface area contributed by atoms with E-state index in [9.17, 15) is 0 Å². The number of hydrogen-bond acceptors (Lipinski definition) is 4. The number of halogens is 1. The predicted octanol–water partition coefficient (Wildman–Crippen LogP) is 2.67. The van der Waals surface area contributed by atoms with Crippen molar-refractivity contribution in [1.29, 1.82) is 0 Å². The molecule has 0 saturated heterocycles. The fraction of sp³-hybridized carbons (Fsp3) is 0. The highest BCUT2D eigenvalue weighted by atomic mass is 79.9. The van der Waals surface area contributed by atoms with E-state index < -0.39 is 0 Å². The van der Waals surface area contributed by atoms with E-state index in [1.54, 1.807) is 23.0 Å². The molecule has 0 fully saturated rings. The average Bonchev–Trinajstić information content (AvgIpc) is 2.82. The van der Waals surface area contributed by atoms with Crippen LogP contribution in [-0.2, 0) is 0 Å². The molecule has 2 N–H and O–H groups in total. The molecule has 0 atom stereocenters. The summed E-state index contributed by atoms with van der Waals surface area (Å²) in [4.78, 5) is 0. The molecule has 19 heavy (non-hydrogen) atoms. The Morgan fingerprint density at radius 1 is 1.11 bits per heavy atom. The molecular weight excluding hydrogens is 306 g/mol. The second kappa shape index (κ2) is 4.81. The molecule has 0 aliphatic rings. The summed E-state index contributed by atoms with van der Waals surface area (Å²) in [5.74, 6) is 1.12. The summed E-state index contributed by atoms with van der Waals surface area (Å²) in [6, 6.07) is 13.3. The van der Waals surface area contributed by atoms with Gasteiger partial charge >= 0.3 is 0 Å². The number of anilines is 1. The van der Waals surface area contributed by atoms with Gasteiger partial charge in [0.2, 0.25) is 0 Å². The zero-order valence-electron chi connectivity index (χ0n) is 9.86. The summed E-state index contributed by atoms with van der Waals surface area (Å²) in [6.07, 6.45) is 1.61. The van der Waals surface area contributed by atoms with Crippen molar-refractivity contribution in [2.75, 3.05) is 5.73 Å². The second-order valence-corrected chi connectivity index (χ2v) is 4.87. The molecule has 3 rings (SSSR count). The zero-order valence-corrected chi connectivity index (χ0v) is 11.4. The first kappa shape index (κ1) is 11.9. The highest BCUT2D eigenvalue weighted by Gasteiger charge is 2.09. The third-order valence-corrected chi connectivity index (χ3v) is 3.13. The van der Waals surface area contributed by atoms with Crippen molar-refractivity contribution in [3.05, 3.63) is 53.1 Å². The summed E-state index contributed by atoms with van der Waals surface area (Å²) in [5, 5.41) is 12.3. The van der Waals surface area contributed by atoms with Crippen molar-refractivity contribution in [3.63, 3.8) is 0 Å². The van der Waals surface area contributed by atoms with Gasteiger partial charge in [-0.1, -0.05) is 28.1 Å². The Balaban J connectivity index is 2.07. The predicted molar refractivity (Wildman–Crippen MR) is 76.7 cm³/mol. The molecule has 0 saturated carbocycles. The summed E-state index contributed by atoms with van der Waals surface area (Å²) < 4.78 is 2.57. The Kier molecular flexibility index (Phi) is 3.00. The van der Waals surface area contributed by atoms with E-state index in [0.717, 1.165) is 15.7 Å². The molecule has 0 aliphatic carbocycles. The Morgan fingerprint density at radius 2 is 2.00 bits per heavy atom. The van der Waals surface area contributed by atoms with Gasteiger partial charge in [0.1, 0.15) is 5.82 Å². The van der Waals surface area contributed by atoms with E-state index in [0.29, 0.717) is 11.6 Å². The van der Waals surface area contributed by atoms with Gasteiger partial charge in [-0.05, 0) is 24.3 Å². The molecule has 94 valence electrons. The van der Waals surface area contributed by atoms with Crippen LogP contribution < -0.4 is 5.73 Å². The van der Waals surface area contributed by atoms with Gasteiger partial charge in [-0.3, -0.25) is 0 Å². The van der Waals surface area contributed by atoms with E-state index in [-0.39, 0.29) is 0 Å². The highest BCUT2D eigenvalue weighted by molar-refractivity contribution is 9.10. The van der Waals surface area contributed by atoms with Crippen LogP contribution in [0.2, 0.25) is 0 Å². The normalized spacial score (nSPS) is 10.6. The Morgan fingerprint density at radius 3 is 2.74 bits per heavy atom. The lowest BCUT2D eigenvalue weighted by Gasteiger charge is -2.00. The lowest BCUT2D eigenvalue weighted by molar-refractivity contribution is 0.825. The van der Waals surface area contributed by atoms with Crippen LogP contribution in [0.5, 0.6) is 0 Å². The minimum atomic E-state index is 0.524. The van der Waals surface area contributed by atoms with Crippen molar-refractivity contribution in [1.82, 2.24) is 20.0 Å². The fourth-order valence-electron chi connectivity index (χ4n) is 1.77. The molecule has 0 radical (unpaired) electrons. The number of nitrogens with zero attached hydrogens (tertiary/aromatic N) is 4. The van der Waals surface area contributed by atoms with Gasteiger partial charge in [-0.15, -0.1) is 5.10 Å². The summed E-state index contributed by atoms with van der Waals surface area (Å²) >= 11 is 3.44. The average molecular weight is 316 g/mol. The van der Waals surface area contributed by atoms with Crippen LogP contribution in [0.25, 0.3) is 17.1 Å². The number of nitrogen functional groups attached to an aromatic ring is 1. The van der Waals surface area contributed by atoms with E-state index in [4.69, 9.17) is 5.73 Å². The zero-order chi connectivity index (χ0) is 13.2. The maximum absolute atomic E-state index is 5.97. The number of hydrogen-bond donors (Lipinski definition) is 1. The molecule has 5 nitrogen and oxygen atoms in total. The lowest BCUT2D eigenvalue weighted by Crippen LogP contribution is -2.04. The second-order valence-electron chi connectivity index (χ2n) is 3.96. The monoisotopic (exact) mass is 315 g/mol. The molecule has 3 aromatic rings. The van der Waals surface area contributed by atoms with E-state index in [2.05, 4.69) is 31.2 Å². The van der Waals surface area contributed by atoms with Crippen LogP contribution in [-0.4, -0.2) is 20.0 Å². The van der Waals surface area contributed by atoms with Gasteiger partial charge in [-0.2, -0.15) is 14.9 Å². The van der Waals surface area contributed by atoms with Gasteiger partial charge in [-0.25, -0.2) is 0 Å². The Hall–Kier alpha value is -2.21. The standard InChI is InChI=1S/C13H10BrN5/c14-10-4-1-3-9(7-10)11-8-12(15)19(18-11)13-5-2-6-16-17-13/h1-8H,15H2. The van der Waals surface area contributed by atoms with Crippen molar-refractivity contribution >= 4 is 21.7 Å². The fourth-order valence-corrected chi connectivity index (χ4v) is 2.17. The first-order chi connectivity index (χ1) is 9.24. The molecule has 2 aromatic heterocycles. The maximum Gasteiger partial charge on any atom is 0.177 e. The molecule has 0 bridgehead atoms. The SMILES string of the molecule is Nc1cc(-c2cccc(Br)c2)nn1-c1cccnn1. The van der Waals surface area contributed by atoms with Crippen LogP contribution in [0.15, 0.2) is 53.1 Å². The molecule has 0 unspecified atom stereocenters. The summed E-state index contributed by atoms with van der Waals surface area (Å²) in [5.41, 5.74) is 7.76. The van der Waals surface area contributed by atoms with Gasteiger partial charge in [0.25, 0.3) is 0 Å². The number of benzene rings is 1. The third-order valence-electron chi connectivity index (χ3n) is 2.63. The van der Waals surface area contributed by atoms with E-state index in [1.807, 2.05) is 30.3 Å². The molecular formula is C13H10BrN5. The van der Waals surface area contributed by atoms with Gasteiger partial charge < -0.3 is 5.73 Å². The topological polar surface area (TPSA) is 69.6 Å². The molecule has 6 heteroatoms. The van der Waals surface area contributed by atoms with Crippen LogP contribution in [0, 0.1) is 0 Å². The van der Waals surface area contributed by atoms with Crippen molar-refractivity contribution < 1.29 is 0 Å². The number of rotatable bonds is 2. The van der Waals surface area contributed by atoms with Crippen LogP contribution in [0.4, 0.5) is 5.82 Å². The van der Waals surface area contributed by atoms with Crippen LogP contribution in [0.3, 0.4) is 0 Å². The van der Waals surface area contributed by atoms with Gasteiger partial charge in [0, 0.05) is 22.3 Å². The largest absolute Gasteiger partial charge is 0.384 e. The smallest absolute Gasteiger partial charge is 0.177 e. The lowest BCUT2D eigenvalue weighted by atomic mass is 10.2. The van der Waals surface area contributed by atoms with E-state index >= 15 is 0 Å². The Bertz CT molecular complexity index is 708. The molecule has 0 spiro atoms. The van der Waals surface area contributed by atoms with Crippen LogP contribution >= 0.6 is 15.9 Å². The first-order valence-electron chi connectivity index (χ1n) is 5.63. The number of aromatic nitrogens is 4.